The number of amides is 1. The van der Waals surface area contributed by atoms with Crippen LogP contribution in [0, 0.1) is 0 Å². The summed E-state index contributed by atoms with van der Waals surface area (Å²) >= 11 is 0. The Morgan fingerprint density at radius 3 is 3.15 bits per heavy atom. The SMILES string of the molecule is COCCn1ccc2ccc(NC(=O)c3ncoc3C3CCCO3)cc21. The lowest BCUT2D eigenvalue weighted by Crippen LogP contribution is -2.15. The molecule has 1 aliphatic heterocycles. The molecule has 1 atom stereocenters. The molecule has 0 radical (unpaired) electrons. The molecule has 1 aromatic carbocycles. The molecule has 4 rings (SSSR count). The lowest BCUT2D eigenvalue weighted by atomic mass is 10.1. The van der Waals surface area contributed by atoms with Crippen molar-refractivity contribution in [1.29, 1.82) is 0 Å². The molecule has 1 amide bonds. The van der Waals surface area contributed by atoms with Crippen molar-refractivity contribution in [2.24, 2.45) is 0 Å². The Labute approximate surface area is 150 Å². The third-order valence-electron chi connectivity index (χ3n) is 4.60. The molecule has 0 aliphatic carbocycles. The molecule has 2 aromatic heterocycles. The van der Waals surface area contributed by atoms with E-state index in [1.165, 1.54) is 6.39 Å². The smallest absolute Gasteiger partial charge is 0.278 e. The first-order chi connectivity index (χ1) is 12.8. The van der Waals surface area contributed by atoms with E-state index in [0.29, 0.717) is 24.7 Å². The molecular weight excluding hydrogens is 334 g/mol. The maximum Gasteiger partial charge on any atom is 0.278 e. The topological polar surface area (TPSA) is 78.5 Å². The molecule has 0 spiro atoms. The lowest BCUT2D eigenvalue weighted by molar-refractivity contribution is 0.0889. The van der Waals surface area contributed by atoms with Gasteiger partial charge in [-0.3, -0.25) is 4.79 Å². The molecule has 7 nitrogen and oxygen atoms in total. The summed E-state index contributed by atoms with van der Waals surface area (Å²) in [5, 5.41) is 4.02. The van der Waals surface area contributed by atoms with Gasteiger partial charge in [0.1, 0.15) is 6.10 Å². The zero-order valence-electron chi connectivity index (χ0n) is 14.6. The van der Waals surface area contributed by atoms with E-state index in [1.807, 2.05) is 30.5 Å². The van der Waals surface area contributed by atoms with E-state index < -0.39 is 0 Å². The zero-order valence-corrected chi connectivity index (χ0v) is 14.6. The van der Waals surface area contributed by atoms with Crippen molar-refractivity contribution in [3.63, 3.8) is 0 Å². The molecule has 26 heavy (non-hydrogen) atoms. The van der Waals surface area contributed by atoms with Crippen molar-refractivity contribution in [3.05, 3.63) is 48.3 Å². The monoisotopic (exact) mass is 355 g/mol. The molecule has 0 saturated carbocycles. The second-order valence-corrected chi connectivity index (χ2v) is 6.30. The highest BCUT2D eigenvalue weighted by Crippen LogP contribution is 2.31. The molecule has 3 heterocycles. The van der Waals surface area contributed by atoms with Gasteiger partial charge in [-0.1, -0.05) is 6.07 Å². The van der Waals surface area contributed by atoms with Gasteiger partial charge in [-0.15, -0.1) is 0 Å². The fourth-order valence-corrected chi connectivity index (χ4v) is 3.28. The number of methoxy groups -OCH3 is 1. The van der Waals surface area contributed by atoms with Crippen LogP contribution < -0.4 is 5.32 Å². The number of nitrogens with one attached hydrogen (secondary N) is 1. The Morgan fingerprint density at radius 2 is 2.35 bits per heavy atom. The maximum absolute atomic E-state index is 12.7. The van der Waals surface area contributed by atoms with Crippen LogP contribution in [0.2, 0.25) is 0 Å². The summed E-state index contributed by atoms with van der Waals surface area (Å²) in [5.74, 6) is 0.211. The van der Waals surface area contributed by atoms with Crippen LogP contribution >= 0.6 is 0 Å². The van der Waals surface area contributed by atoms with Crippen molar-refractivity contribution >= 4 is 22.5 Å². The van der Waals surface area contributed by atoms with Gasteiger partial charge in [0.05, 0.1) is 12.1 Å². The van der Waals surface area contributed by atoms with Gasteiger partial charge < -0.3 is 23.8 Å². The minimum Gasteiger partial charge on any atom is -0.445 e. The Bertz CT molecular complexity index is 909. The van der Waals surface area contributed by atoms with Gasteiger partial charge in [0.15, 0.2) is 17.8 Å². The number of carbonyl (C=O) groups excluding carboxylic acids is 1. The normalized spacial score (nSPS) is 17.0. The van der Waals surface area contributed by atoms with Gasteiger partial charge in [0, 0.05) is 32.1 Å². The highest BCUT2D eigenvalue weighted by Gasteiger charge is 2.28. The van der Waals surface area contributed by atoms with E-state index in [1.54, 1.807) is 7.11 Å². The molecule has 1 N–H and O–H groups in total. The number of oxazole rings is 1. The van der Waals surface area contributed by atoms with Gasteiger partial charge in [-0.25, -0.2) is 4.98 Å². The van der Waals surface area contributed by atoms with Crippen molar-refractivity contribution in [2.45, 2.75) is 25.5 Å². The first-order valence-electron chi connectivity index (χ1n) is 8.70. The maximum atomic E-state index is 12.7. The summed E-state index contributed by atoms with van der Waals surface area (Å²) in [6.45, 7) is 2.06. The van der Waals surface area contributed by atoms with Crippen molar-refractivity contribution in [3.8, 4) is 0 Å². The molecule has 3 aromatic rings. The van der Waals surface area contributed by atoms with E-state index in [2.05, 4.69) is 14.9 Å². The number of fused-ring (bicyclic) bond motifs is 1. The second-order valence-electron chi connectivity index (χ2n) is 6.30. The Balaban J connectivity index is 1.55. The number of rotatable bonds is 6. The van der Waals surface area contributed by atoms with Crippen LogP contribution in [-0.2, 0) is 16.0 Å². The summed E-state index contributed by atoms with van der Waals surface area (Å²) in [5.41, 5.74) is 2.03. The van der Waals surface area contributed by atoms with Crippen LogP contribution in [0.4, 0.5) is 5.69 Å². The summed E-state index contributed by atoms with van der Waals surface area (Å²) in [6, 6.07) is 7.86. The van der Waals surface area contributed by atoms with E-state index in [4.69, 9.17) is 13.9 Å². The number of nitrogens with zero attached hydrogens (tertiary/aromatic N) is 2. The Morgan fingerprint density at radius 1 is 1.42 bits per heavy atom. The zero-order chi connectivity index (χ0) is 17.9. The number of anilines is 1. The fourth-order valence-electron chi connectivity index (χ4n) is 3.28. The minimum atomic E-state index is -0.293. The van der Waals surface area contributed by atoms with Crippen molar-refractivity contribution in [1.82, 2.24) is 9.55 Å². The van der Waals surface area contributed by atoms with Crippen LogP contribution in [0.1, 0.15) is 35.2 Å². The minimum absolute atomic E-state index is 0.188. The summed E-state index contributed by atoms with van der Waals surface area (Å²) in [4.78, 5) is 16.8. The number of aromatic nitrogens is 2. The van der Waals surface area contributed by atoms with Crippen LogP contribution in [0.5, 0.6) is 0 Å². The Hall–Kier alpha value is -2.64. The van der Waals surface area contributed by atoms with Crippen LogP contribution in [0.25, 0.3) is 10.9 Å². The quantitative estimate of drug-likeness (QED) is 0.733. The van der Waals surface area contributed by atoms with Gasteiger partial charge in [0.25, 0.3) is 5.91 Å². The van der Waals surface area contributed by atoms with Gasteiger partial charge >= 0.3 is 0 Å². The van der Waals surface area contributed by atoms with E-state index >= 15 is 0 Å². The molecule has 1 aliphatic rings. The average Bonchev–Trinajstić information content (AvgIpc) is 3.39. The first-order valence-corrected chi connectivity index (χ1v) is 8.70. The lowest BCUT2D eigenvalue weighted by Gasteiger charge is -2.09. The molecule has 136 valence electrons. The number of ether oxygens (including phenoxy) is 2. The van der Waals surface area contributed by atoms with Gasteiger partial charge in [-0.05, 0) is 36.4 Å². The highest BCUT2D eigenvalue weighted by atomic mass is 16.5. The standard InChI is InChI=1S/C19H21N3O4/c1-24-10-8-22-7-6-13-4-5-14(11-15(13)22)21-19(23)17-18(26-12-20-17)16-3-2-9-25-16/h4-7,11-12,16H,2-3,8-10H2,1H3,(H,21,23). The molecule has 7 heteroatoms. The largest absolute Gasteiger partial charge is 0.445 e. The van der Waals surface area contributed by atoms with Gasteiger partial charge in [0.2, 0.25) is 0 Å². The number of carbonyl (C=O) groups is 1. The van der Waals surface area contributed by atoms with Crippen molar-refractivity contribution in [2.75, 3.05) is 25.6 Å². The van der Waals surface area contributed by atoms with E-state index in [9.17, 15) is 4.79 Å². The molecule has 1 saturated heterocycles. The fraction of sp³-hybridized carbons (Fsp3) is 0.368. The number of benzene rings is 1. The third-order valence-corrected chi connectivity index (χ3v) is 4.60. The third kappa shape index (κ3) is 3.23. The van der Waals surface area contributed by atoms with Crippen LogP contribution in [0.15, 0.2) is 41.3 Å². The van der Waals surface area contributed by atoms with Crippen LogP contribution in [0.3, 0.4) is 0 Å². The number of hydrogen-bond acceptors (Lipinski definition) is 5. The predicted molar refractivity (Wildman–Crippen MR) is 96.2 cm³/mol. The summed E-state index contributed by atoms with van der Waals surface area (Å²) in [6.07, 6.45) is 4.93. The molecule has 0 bridgehead atoms. The van der Waals surface area contributed by atoms with Gasteiger partial charge in [-0.2, -0.15) is 0 Å². The first kappa shape index (κ1) is 16.8. The van der Waals surface area contributed by atoms with Crippen LogP contribution in [-0.4, -0.2) is 35.8 Å². The predicted octanol–water partition coefficient (Wildman–Crippen LogP) is 3.38. The summed E-state index contributed by atoms with van der Waals surface area (Å²) in [7, 11) is 1.68. The summed E-state index contributed by atoms with van der Waals surface area (Å²) < 4.78 is 18.3. The number of hydrogen-bond donors (Lipinski definition) is 1. The molecular formula is C19H21N3O4. The van der Waals surface area contributed by atoms with Crippen molar-refractivity contribution < 1.29 is 18.7 Å². The second kappa shape index (κ2) is 7.31. The molecule has 1 unspecified atom stereocenters. The highest BCUT2D eigenvalue weighted by molar-refractivity contribution is 6.04. The van der Waals surface area contributed by atoms with E-state index in [0.717, 1.165) is 30.3 Å². The Kier molecular flexibility index (Phi) is 4.73. The molecule has 1 fully saturated rings. The van der Waals surface area contributed by atoms with E-state index in [-0.39, 0.29) is 17.7 Å². The average molecular weight is 355 g/mol.